The van der Waals surface area contributed by atoms with Gasteiger partial charge in [0.2, 0.25) is 0 Å². The van der Waals surface area contributed by atoms with E-state index in [4.69, 9.17) is 11.6 Å². The molecular formula is C8H3ClFIS. The van der Waals surface area contributed by atoms with Crippen LogP contribution in [0.4, 0.5) is 4.39 Å². The van der Waals surface area contributed by atoms with E-state index in [2.05, 4.69) is 22.6 Å². The van der Waals surface area contributed by atoms with Gasteiger partial charge in [-0.2, -0.15) is 0 Å². The van der Waals surface area contributed by atoms with E-state index in [1.54, 1.807) is 11.3 Å². The highest BCUT2D eigenvalue weighted by Crippen LogP contribution is 2.32. The van der Waals surface area contributed by atoms with E-state index in [-0.39, 0.29) is 5.82 Å². The maximum Gasteiger partial charge on any atom is 0.126 e. The van der Waals surface area contributed by atoms with Gasteiger partial charge in [0.25, 0.3) is 0 Å². The van der Waals surface area contributed by atoms with E-state index in [1.165, 1.54) is 12.1 Å². The molecule has 0 unspecified atom stereocenters. The van der Waals surface area contributed by atoms with E-state index in [0.29, 0.717) is 5.02 Å². The summed E-state index contributed by atoms with van der Waals surface area (Å²) in [6.45, 7) is 0. The molecule has 1 aromatic carbocycles. The number of benzene rings is 1. The fourth-order valence-corrected chi connectivity index (χ4v) is 3.21. The summed E-state index contributed by atoms with van der Waals surface area (Å²) in [5, 5.41) is 1.43. The second kappa shape index (κ2) is 3.12. The lowest BCUT2D eigenvalue weighted by Gasteiger charge is -1.92. The van der Waals surface area contributed by atoms with Gasteiger partial charge in [-0.25, -0.2) is 4.39 Å². The largest absolute Gasteiger partial charge is 0.207 e. The predicted molar refractivity (Wildman–Crippen MR) is 59.5 cm³/mol. The van der Waals surface area contributed by atoms with Crippen molar-refractivity contribution in [1.29, 1.82) is 0 Å². The van der Waals surface area contributed by atoms with Gasteiger partial charge >= 0.3 is 0 Å². The van der Waals surface area contributed by atoms with Gasteiger partial charge in [-0.3, -0.25) is 0 Å². The molecule has 1 aromatic heterocycles. The Morgan fingerprint density at radius 3 is 2.83 bits per heavy atom. The first-order valence-corrected chi connectivity index (χ1v) is 5.48. The summed E-state index contributed by atoms with van der Waals surface area (Å²) in [5.41, 5.74) is 0. The lowest BCUT2D eigenvalue weighted by atomic mass is 10.2. The molecule has 0 bridgehead atoms. The maximum atomic E-state index is 12.8. The molecule has 0 fully saturated rings. The van der Waals surface area contributed by atoms with Crippen molar-refractivity contribution in [3.8, 4) is 0 Å². The minimum atomic E-state index is -0.272. The summed E-state index contributed by atoms with van der Waals surface area (Å²) >= 11 is 9.58. The molecule has 0 atom stereocenters. The molecule has 0 saturated carbocycles. The molecule has 1 heterocycles. The summed E-state index contributed by atoms with van der Waals surface area (Å²) in [4.78, 5) is 0. The Bertz CT molecular complexity index is 438. The Kier molecular flexibility index (Phi) is 2.27. The molecule has 0 N–H and O–H groups in total. The van der Waals surface area contributed by atoms with Crippen LogP contribution in [0.25, 0.3) is 10.1 Å². The predicted octanol–water partition coefficient (Wildman–Crippen LogP) is 4.30. The van der Waals surface area contributed by atoms with Crippen molar-refractivity contribution in [3.63, 3.8) is 0 Å². The topological polar surface area (TPSA) is 0 Å². The minimum Gasteiger partial charge on any atom is -0.207 e. The van der Waals surface area contributed by atoms with Gasteiger partial charge < -0.3 is 0 Å². The zero-order chi connectivity index (χ0) is 8.72. The molecule has 0 aliphatic rings. The molecule has 0 nitrogen and oxygen atoms in total. The molecule has 2 aromatic rings. The third kappa shape index (κ3) is 1.45. The van der Waals surface area contributed by atoms with Gasteiger partial charge in [0.15, 0.2) is 0 Å². The first kappa shape index (κ1) is 8.72. The Labute approximate surface area is 91.5 Å². The summed E-state index contributed by atoms with van der Waals surface area (Å²) in [6.07, 6.45) is 0. The van der Waals surface area contributed by atoms with E-state index >= 15 is 0 Å². The SMILES string of the molecule is Fc1cc(Cl)c2cc(I)sc2c1. The Morgan fingerprint density at radius 1 is 1.33 bits per heavy atom. The lowest BCUT2D eigenvalue weighted by Crippen LogP contribution is -1.72. The van der Waals surface area contributed by atoms with Crippen LogP contribution in [0, 0.1) is 8.70 Å². The van der Waals surface area contributed by atoms with Gasteiger partial charge in [-0.05, 0) is 40.8 Å². The zero-order valence-electron chi connectivity index (χ0n) is 5.77. The molecule has 12 heavy (non-hydrogen) atoms. The lowest BCUT2D eigenvalue weighted by molar-refractivity contribution is 0.630. The summed E-state index contributed by atoms with van der Waals surface area (Å²) in [6, 6.07) is 4.81. The first-order chi connectivity index (χ1) is 5.66. The number of hydrogen-bond donors (Lipinski definition) is 0. The molecule has 0 amide bonds. The van der Waals surface area contributed by atoms with Gasteiger partial charge in [0.05, 0.1) is 7.91 Å². The summed E-state index contributed by atoms with van der Waals surface area (Å²) in [7, 11) is 0. The van der Waals surface area contributed by atoms with Crippen LogP contribution in [0.1, 0.15) is 0 Å². The number of halogens is 3. The van der Waals surface area contributed by atoms with Gasteiger partial charge in [-0.1, -0.05) is 11.6 Å². The van der Waals surface area contributed by atoms with Crippen LogP contribution in [-0.4, -0.2) is 0 Å². The minimum absolute atomic E-state index is 0.272. The van der Waals surface area contributed by atoms with Crippen LogP contribution in [0.15, 0.2) is 18.2 Å². The van der Waals surface area contributed by atoms with Crippen molar-refractivity contribution >= 4 is 55.6 Å². The fourth-order valence-electron chi connectivity index (χ4n) is 1.03. The number of hydrogen-bond acceptors (Lipinski definition) is 1. The van der Waals surface area contributed by atoms with Crippen molar-refractivity contribution in [2.24, 2.45) is 0 Å². The third-order valence-electron chi connectivity index (χ3n) is 1.52. The molecular weight excluding hydrogens is 310 g/mol. The van der Waals surface area contributed by atoms with Crippen LogP contribution >= 0.6 is 45.5 Å². The van der Waals surface area contributed by atoms with E-state index in [9.17, 15) is 4.39 Å². The highest BCUT2D eigenvalue weighted by Gasteiger charge is 2.05. The summed E-state index contributed by atoms with van der Waals surface area (Å²) < 4.78 is 14.9. The molecule has 62 valence electrons. The van der Waals surface area contributed by atoms with Gasteiger partial charge in [0, 0.05) is 10.1 Å². The molecule has 0 radical (unpaired) electrons. The van der Waals surface area contributed by atoms with E-state index < -0.39 is 0 Å². The smallest absolute Gasteiger partial charge is 0.126 e. The molecule has 0 aliphatic heterocycles. The Balaban J connectivity index is 2.88. The average Bonchev–Trinajstić information content (AvgIpc) is 2.29. The van der Waals surface area contributed by atoms with E-state index in [0.717, 1.165) is 13.0 Å². The molecule has 0 spiro atoms. The Morgan fingerprint density at radius 2 is 2.08 bits per heavy atom. The van der Waals surface area contributed by atoms with Crippen molar-refractivity contribution in [2.75, 3.05) is 0 Å². The van der Waals surface area contributed by atoms with Crippen LogP contribution in [0.2, 0.25) is 5.02 Å². The van der Waals surface area contributed by atoms with Crippen LogP contribution in [0.3, 0.4) is 0 Å². The van der Waals surface area contributed by atoms with Crippen molar-refractivity contribution in [2.45, 2.75) is 0 Å². The van der Waals surface area contributed by atoms with Crippen LogP contribution in [-0.2, 0) is 0 Å². The molecule has 0 saturated heterocycles. The summed E-state index contributed by atoms with van der Waals surface area (Å²) in [5.74, 6) is -0.272. The standard InChI is InChI=1S/C8H3ClFIS/c9-6-1-4(10)2-7-5(6)3-8(11)12-7/h1-3H. The number of fused-ring (bicyclic) bond motifs is 1. The quantitative estimate of drug-likeness (QED) is 0.636. The zero-order valence-corrected chi connectivity index (χ0v) is 9.50. The monoisotopic (exact) mass is 312 g/mol. The van der Waals surface area contributed by atoms with Crippen LogP contribution < -0.4 is 0 Å². The number of rotatable bonds is 0. The highest BCUT2D eigenvalue weighted by molar-refractivity contribution is 14.1. The van der Waals surface area contributed by atoms with Crippen LogP contribution in [0.5, 0.6) is 0 Å². The van der Waals surface area contributed by atoms with Gasteiger partial charge in [-0.15, -0.1) is 11.3 Å². The second-order valence-corrected chi connectivity index (χ2v) is 5.74. The maximum absolute atomic E-state index is 12.8. The fraction of sp³-hybridized carbons (Fsp3) is 0. The molecule has 2 rings (SSSR count). The van der Waals surface area contributed by atoms with Crippen molar-refractivity contribution < 1.29 is 4.39 Å². The van der Waals surface area contributed by atoms with Gasteiger partial charge in [0.1, 0.15) is 5.82 Å². The normalized spacial score (nSPS) is 10.9. The highest BCUT2D eigenvalue weighted by atomic mass is 127. The second-order valence-electron chi connectivity index (χ2n) is 2.35. The first-order valence-electron chi connectivity index (χ1n) is 3.21. The average molecular weight is 313 g/mol. The third-order valence-corrected chi connectivity index (χ3v) is 3.68. The number of thiophene rings is 1. The molecule has 0 aliphatic carbocycles. The molecule has 4 heteroatoms. The Hall–Kier alpha value is 0.130. The van der Waals surface area contributed by atoms with E-state index in [1.807, 2.05) is 6.07 Å². The van der Waals surface area contributed by atoms with Crippen molar-refractivity contribution in [3.05, 3.63) is 31.9 Å². The van der Waals surface area contributed by atoms with Crippen molar-refractivity contribution in [1.82, 2.24) is 0 Å².